The number of anilines is 1. The number of rotatable bonds is 3. The number of benzene rings is 2. The molecule has 0 aliphatic heterocycles. The SMILES string of the molecule is CC(=O)N(/N=C/c1cn(C)c2cc(C)ccc12)c1ccc(C)cc1C. The highest BCUT2D eigenvalue weighted by Crippen LogP contribution is 2.23. The highest BCUT2D eigenvalue weighted by atomic mass is 16.2. The van der Waals surface area contributed by atoms with Crippen molar-refractivity contribution >= 4 is 28.7 Å². The average molecular weight is 333 g/mol. The Kier molecular flexibility index (Phi) is 4.45. The molecule has 0 bridgehead atoms. The topological polar surface area (TPSA) is 37.6 Å². The monoisotopic (exact) mass is 333 g/mol. The first-order chi connectivity index (χ1) is 11.9. The number of carbonyl (C=O) groups excluding carboxylic acids is 1. The summed E-state index contributed by atoms with van der Waals surface area (Å²) in [5, 5.41) is 7.07. The average Bonchev–Trinajstić information content (AvgIpc) is 2.85. The van der Waals surface area contributed by atoms with E-state index in [1.165, 1.54) is 17.5 Å². The molecule has 0 radical (unpaired) electrons. The molecule has 0 atom stereocenters. The second-order valence-electron chi connectivity index (χ2n) is 6.58. The molecule has 0 unspecified atom stereocenters. The van der Waals surface area contributed by atoms with Crippen molar-refractivity contribution in [3.05, 3.63) is 64.8 Å². The number of nitrogens with zero attached hydrogens (tertiary/aromatic N) is 3. The molecule has 4 heteroatoms. The molecule has 0 saturated carbocycles. The lowest BCUT2D eigenvalue weighted by molar-refractivity contribution is -0.116. The maximum atomic E-state index is 12.1. The van der Waals surface area contributed by atoms with Crippen LogP contribution in [0.1, 0.15) is 29.2 Å². The van der Waals surface area contributed by atoms with Gasteiger partial charge in [-0.2, -0.15) is 5.10 Å². The molecule has 3 aromatic rings. The summed E-state index contributed by atoms with van der Waals surface area (Å²) in [7, 11) is 2.02. The fourth-order valence-corrected chi connectivity index (χ4v) is 3.10. The molecule has 0 spiro atoms. The van der Waals surface area contributed by atoms with Gasteiger partial charge in [-0.1, -0.05) is 29.8 Å². The van der Waals surface area contributed by atoms with Crippen molar-refractivity contribution in [1.29, 1.82) is 0 Å². The van der Waals surface area contributed by atoms with Gasteiger partial charge >= 0.3 is 0 Å². The Bertz CT molecular complexity index is 982. The van der Waals surface area contributed by atoms with Gasteiger partial charge in [-0.25, -0.2) is 5.01 Å². The standard InChI is InChI=1S/C21H23N3O/c1-14-7-9-20(16(3)10-14)24(17(4)25)22-12-18-13-23(5)21-11-15(2)6-8-19(18)21/h6-13H,1-5H3/b22-12+. The molecule has 0 saturated heterocycles. The number of carbonyl (C=O) groups is 1. The lowest BCUT2D eigenvalue weighted by Crippen LogP contribution is -2.23. The second kappa shape index (κ2) is 6.55. The molecule has 0 aliphatic rings. The van der Waals surface area contributed by atoms with Gasteiger partial charge in [-0.15, -0.1) is 0 Å². The van der Waals surface area contributed by atoms with E-state index >= 15 is 0 Å². The van der Waals surface area contributed by atoms with Gasteiger partial charge in [-0.05, 0) is 44.0 Å². The lowest BCUT2D eigenvalue weighted by atomic mass is 10.1. The van der Waals surface area contributed by atoms with E-state index < -0.39 is 0 Å². The van der Waals surface area contributed by atoms with Crippen molar-refractivity contribution in [1.82, 2.24) is 4.57 Å². The molecule has 0 fully saturated rings. The number of hydrogen-bond acceptors (Lipinski definition) is 2. The van der Waals surface area contributed by atoms with Crippen LogP contribution in [0.3, 0.4) is 0 Å². The Labute approximate surface area is 148 Å². The van der Waals surface area contributed by atoms with Crippen LogP contribution >= 0.6 is 0 Å². The summed E-state index contributed by atoms with van der Waals surface area (Å²) in [4.78, 5) is 12.1. The second-order valence-corrected chi connectivity index (χ2v) is 6.58. The van der Waals surface area contributed by atoms with Crippen molar-refractivity contribution in [3.63, 3.8) is 0 Å². The van der Waals surface area contributed by atoms with Crippen LogP contribution < -0.4 is 5.01 Å². The zero-order chi connectivity index (χ0) is 18.1. The molecular formula is C21H23N3O. The third-order valence-corrected chi connectivity index (χ3v) is 4.37. The van der Waals surface area contributed by atoms with Crippen molar-refractivity contribution in [2.45, 2.75) is 27.7 Å². The van der Waals surface area contributed by atoms with Gasteiger partial charge in [0.15, 0.2) is 0 Å². The van der Waals surface area contributed by atoms with Crippen molar-refractivity contribution in [2.75, 3.05) is 5.01 Å². The third-order valence-electron chi connectivity index (χ3n) is 4.37. The predicted molar refractivity (Wildman–Crippen MR) is 104 cm³/mol. The fourth-order valence-electron chi connectivity index (χ4n) is 3.10. The van der Waals surface area contributed by atoms with E-state index in [-0.39, 0.29) is 5.91 Å². The molecule has 25 heavy (non-hydrogen) atoms. The molecule has 0 aliphatic carbocycles. The highest BCUT2D eigenvalue weighted by molar-refractivity contribution is 6.01. The molecule has 128 valence electrons. The molecule has 2 aromatic carbocycles. The van der Waals surface area contributed by atoms with Crippen LogP contribution in [-0.2, 0) is 11.8 Å². The van der Waals surface area contributed by atoms with Gasteiger partial charge in [0.2, 0.25) is 5.91 Å². The van der Waals surface area contributed by atoms with E-state index in [4.69, 9.17) is 0 Å². The smallest absolute Gasteiger partial charge is 0.244 e. The Morgan fingerprint density at radius 1 is 1.08 bits per heavy atom. The van der Waals surface area contributed by atoms with Gasteiger partial charge in [0.05, 0.1) is 11.9 Å². The largest absolute Gasteiger partial charge is 0.350 e. The van der Waals surface area contributed by atoms with Crippen LogP contribution in [0, 0.1) is 20.8 Å². The van der Waals surface area contributed by atoms with E-state index in [0.29, 0.717) is 0 Å². The third kappa shape index (κ3) is 3.33. The highest BCUT2D eigenvalue weighted by Gasteiger charge is 2.13. The molecule has 1 aromatic heterocycles. The summed E-state index contributed by atoms with van der Waals surface area (Å²) in [6.07, 6.45) is 3.80. The normalized spacial score (nSPS) is 11.4. The minimum atomic E-state index is -0.112. The van der Waals surface area contributed by atoms with Crippen LogP contribution in [-0.4, -0.2) is 16.7 Å². The molecule has 4 nitrogen and oxygen atoms in total. The van der Waals surface area contributed by atoms with Crippen LogP contribution in [0.5, 0.6) is 0 Å². The van der Waals surface area contributed by atoms with Crippen LogP contribution in [0.15, 0.2) is 47.7 Å². The molecule has 3 rings (SSSR count). The molecule has 0 N–H and O–H groups in total. The van der Waals surface area contributed by atoms with Crippen molar-refractivity contribution < 1.29 is 4.79 Å². The summed E-state index contributed by atoms with van der Waals surface area (Å²) in [6.45, 7) is 7.64. The summed E-state index contributed by atoms with van der Waals surface area (Å²) in [6, 6.07) is 12.3. The number of aromatic nitrogens is 1. The first kappa shape index (κ1) is 17.0. The molecular weight excluding hydrogens is 310 g/mol. The van der Waals surface area contributed by atoms with Crippen molar-refractivity contribution in [3.8, 4) is 0 Å². The number of hydrogen-bond donors (Lipinski definition) is 0. The lowest BCUT2D eigenvalue weighted by Gasteiger charge is -2.17. The van der Waals surface area contributed by atoms with Crippen LogP contribution in [0.4, 0.5) is 5.69 Å². The van der Waals surface area contributed by atoms with Crippen molar-refractivity contribution in [2.24, 2.45) is 12.1 Å². The summed E-state index contributed by atoms with van der Waals surface area (Å²) >= 11 is 0. The Hall–Kier alpha value is -2.88. The van der Waals surface area contributed by atoms with Gasteiger partial charge in [-0.3, -0.25) is 4.79 Å². The van der Waals surface area contributed by atoms with Gasteiger partial charge < -0.3 is 4.57 Å². The first-order valence-electron chi connectivity index (χ1n) is 8.34. The van der Waals surface area contributed by atoms with E-state index in [1.807, 2.05) is 39.2 Å². The maximum Gasteiger partial charge on any atom is 0.244 e. The summed E-state index contributed by atoms with van der Waals surface area (Å²) < 4.78 is 2.08. The van der Waals surface area contributed by atoms with E-state index in [0.717, 1.165) is 33.3 Å². The minimum absolute atomic E-state index is 0.112. The van der Waals surface area contributed by atoms with Gasteiger partial charge in [0.1, 0.15) is 0 Å². The van der Waals surface area contributed by atoms with E-state index in [1.54, 1.807) is 6.21 Å². The minimum Gasteiger partial charge on any atom is -0.350 e. The van der Waals surface area contributed by atoms with Gasteiger partial charge in [0.25, 0.3) is 0 Å². The van der Waals surface area contributed by atoms with Gasteiger partial charge in [0, 0.05) is 36.6 Å². The predicted octanol–water partition coefficient (Wildman–Crippen LogP) is 4.49. The zero-order valence-corrected chi connectivity index (χ0v) is 15.4. The Morgan fingerprint density at radius 2 is 1.76 bits per heavy atom. The molecule has 1 amide bonds. The number of fused-ring (bicyclic) bond motifs is 1. The summed E-state index contributed by atoms with van der Waals surface area (Å²) in [5.74, 6) is -0.112. The number of amides is 1. The summed E-state index contributed by atoms with van der Waals surface area (Å²) in [5.41, 5.74) is 6.37. The Morgan fingerprint density at radius 3 is 2.44 bits per heavy atom. The first-order valence-corrected chi connectivity index (χ1v) is 8.34. The molecule has 1 heterocycles. The fraction of sp³-hybridized carbons (Fsp3) is 0.238. The zero-order valence-electron chi connectivity index (χ0n) is 15.4. The Balaban J connectivity index is 2.02. The van der Waals surface area contributed by atoms with Crippen LogP contribution in [0.25, 0.3) is 10.9 Å². The van der Waals surface area contributed by atoms with E-state index in [2.05, 4.69) is 40.9 Å². The quantitative estimate of drug-likeness (QED) is 0.514. The van der Waals surface area contributed by atoms with E-state index in [9.17, 15) is 4.79 Å². The van der Waals surface area contributed by atoms with Crippen LogP contribution in [0.2, 0.25) is 0 Å². The number of hydrazone groups is 1. The number of aryl methyl sites for hydroxylation is 4. The maximum absolute atomic E-state index is 12.1.